The van der Waals surface area contributed by atoms with Crippen molar-refractivity contribution in [3.63, 3.8) is 0 Å². The zero-order chi connectivity index (χ0) is 22.6. The predicted molar refractivity (Wildman–Crippen MR) is 134 cm³/mol. The Morgan fingerprint density at radius 1 is 1.00 bits per heavy atom. The number of aryl methyl sites for hydroxylation is 2. The Labute approximate surface area is 194 Å². The van der Waals surface area contributed by atoms with Crippen molar-refractivity contribution < 1.29 is 4.74 Å². The number of hydrogen-bond donors (Lipinski definition) is 3. The second-order valence-corrected chi connectivity index (χ2v) is 8.58. The summed E-state index contributed by atoms with van der Waals surface area (Å²) in [6, 6.07) is 14.2. The molecule has 1 aliphatic rings. The number of hydrogen-bond acceptors (Lipinski definition) is 6. The van der Waals surface area contributed by atoms with E-state index < -0.39 is 0 Å². The van der Waals surface area contributed by atoms with Crippen LogP contribution in [0.2, 0.25) is 0 Å². The molecule has 7 heteroatoms. The normalized spacial score (nSPS) is 14.0. The average molecular weight is 443 g/mol. The molecule has 0 spiro atoms. The van der Waals surface area contributed by atoms with Crippen LogP contribution in [0.3, 0.4) is 0 Å². The monoisotopic (exact) mass is 442 g/mol. The van der Waals surface area contributed by atoms with Crippen molar-refractivity contribution in [2.45, 2.75) is 26.7 Å². The number of rotatable bonds is 8. The van der Waals surface area contributed by atoms with Crippen LogP contribution in [0.4, 0.5) is 23.1 Å². The molecule has 0 bridgehead atoms. The highest BCUT2D eigenvalue weighted by Gasteiger charge is 2.11. The molecule has 2 aromatic carbocycles. The van der Waals surface area contributed by atoms with E-state index in [4.69, 9.17) is 9.72 Å². The maximum atomic E-state index is 5.90. The Morgan fingerprint density at radius 2 is 1.82 bits per heavy atom. The van der Waals surface area contributed by atoms with Crippen molar-refractivity contribution in [2.24, 2.45) is 0 Å². The Kier molecular flexibility index (Phi) is 6.13. The molecule has 0 amide bonds. The van der Waals surface area contributed by atoms with Gasteiger partial charge in [-0.1, -0.05) is 6.07 Å². The number of likely N-dealkylation sites (tertiary alicyclic amines) is 1. The summed E-state index contributed by atoms with van der Waals surface area (Å²) in [7, 11) is 0. The minimum absolute atomic E-state index is 0.546. The van der Waals surface area contributed by atoms with Crippen LogP contribution in [-0.4, -0.2) is 46.1 Å². The van der Waals surface area contributed by atoms with E-state index in [1.807, 2.05) is 43.6 Å². The Morgan fingerprint density at radius 3 is 2.64 bits per heavy atom. The van der Waals surface area contributed by atoms with Crippen LogP contribution in [0.25, 0.3) is 10.9 Å². The number of nitrogens with one attached hydrogen (secondary N) is 3. The minimum Gasteiger partial charge on any atom is -0.492 e. The van der Waals surface area contributed by atoms with Crippen molar-refractivity contribution in [3.8, 4) is 5.75 Å². The molecular formula is C26H30N6O. The Bertz CT molecular complexity index is 1230. The molecule has 33 heavy (non-hydrogen) atoms. The fourth-order valence-electron chi connectivity index (χ4n) is 4.23. The summed E-state index contributed by atoms with van der Waals surface area (Å²) in [4.78, 5) is 14.9. The highest BCUT2D eigenvalue weighted by atomic mass is 16.5. The van der Waals surface area contributed by atoms with Crippen LogP contribution in [0, 0.1) is 13.8 Å². The molecule has 2 aromatic heterocycles. The third kappa shape index (κ3) is 4.93. The summed E-state index contributed by atoms with van der Waals surface area (Å²) in [5, 5.41) is 7.96. The van der Waals surface area contributed by atoms with E-state index >= 15 is 0 Å². The molecule has 0 radical (unpaired) electrons. The predicted octanol–water partition coefficient (Wildman–Crippen LogP) is 5.54. The fourth-order valence-corrected chi connectivity index (χ4v) is 4.23. The van der Waals surface area contributed by atoms with E-state index in [0.29, 0.717) is 5.95 Å². The lowest BCUT2D eigenvalue weighted by Crippen LogP contribution is -2.25. The van der Waals surface area contributed by atoms with E-state index in [-0.39, 0.29) is 0 Å². The van der Waals surface area contributed by atoms with Crippen LogP contribution in [-0.2, 0) is 0 Å². The lowest BCUT2D eigenvalue weighted by molar-refractivity contribution is 0.238. The molecule has 0 saturated carbocycles. The molecule has 7 nitrogen and oxygen atoms in total. The van der Waals surface area contributed by atoms with E-state index in [2.05, 4.69) is 50.6 Å². The lowest BCUT2D eigenvalue weighted by atomic mass is 10.1. The van der Waals surface area contributed by atoms with Gasteiger partial charge in [0.15, 0.2) is 0 Å². The highest BCUT2D eigenvalue weighted by molar-refractivity contribution is 5.88. The van der Waals surface area contributed by atoms with Gasteiger partial charge in [-0.15, -0.1) is 0 Å². The van der Waals surface area contributed by atoms with Gasteiger partial charge in [0, 0.05) is 35.9 Å². The quantitative estimate of drug-likeness (QED) is 0.333. The molecule has 1 fully saturated rings. The van der Waals surface area contributed by atoms with E-state index in [1.165, 1.54) is 31.3 Å². The molecule has 0 atom stereocenters. The van der Waals surface area contributed by atoms with Crippen LogP contribution >= 0.6 is 0 Å². The minimum atomic E-state index is 0.546. The van der Waals surface area contributed by atoms with Crippen molar-refractivity contribution >= 4 is 34.0 Å². The molecule has 3 heterocycles. The molecule has 1 aliphatic heterocycles. The first-order valence-electron chi connectivity index (χ1n) is 11.6. The largest absolute Gasteiger partial charge is 0.492 e. The molecule has 170 valence electrons. The smallest absolute Gasteiger partial charge is 0.229 e. The number of aromatic nitrogens is 3. The first-order chi connectivity index (χ1) is 16.2. The van der Waals surface area contributed by atoms with Crippen LogP contribution in [0.15, 0.2) is 54.9 Å². The van der Waals surface area contributed by atoms with E-state index in [1.54, 1.807) is 0 Å². The maximum Gasteiger partial charge on any atom is 0.229 e. The van der Waals surface area contributed by atoms with E-state index in [9.17, 15) is 0 Å². The summed E-state index contributed by atoms with van der Waals surface area (Å²) in [5.41, 5.74) is 5.21. The fraction of sp³-hybridized carbons (Fsp3) is 0.308. The van der Waals surface area contributed by atoms with Crippen LogP contribution in [0.1, 0.15) is 24.0 Å². The SMILES string of the molecule is Cc1cnc(Nc2ccc(OCCN3CCCC3)cc2)nc1Nc1ccc2cc[nH]c2c1C. The van der Waals surface area contributed by atoms with E-state index in [0.717, 1.165) is 52.7 Å². The molecule has 0 unspecified atom stereocenters. The highest BCUT2D eigenvalue weighted by Crippen LogP contribution is 2.28. The Hall–Kier alpha value is -3.58. The first-order valence-corrected chi connectivity index (χ1v) is 11.6. The second kappa shape index (κ2) is 9.50. The zero-order valence-corrected chi connectivity index (χ0v) is 19.2. The number of anilines is 4. The zero-order valence-electron chi connectivity index (χ0n) is 19.2. The van der Waals surface area contributed by atoms with Gasteiger partial charge in [0.2, 0.25) is 5.95 Å². The summed E-state index contributed by atoms with van der Waals surface area (Å²) >= 11 is 0. The van der Waals surface area contributed by atoms with Crippen molar-refractivity contribution in [2.75, 3.05) is 36.9 Å². The van der Waals surface area contributed by atoms with Gasteiger partial charge in [-0.05, 0) is 87.1 Å². The standard InChI is InChI=1S/C26H30N6O/c1-18-17-28-26(31-25(18)30-23-10-5-20-11-12-27-24(20)19(23)2)29-21-6-8-22(9-7-21)33-16-15-32-13-3-4-14-32/h5-12,17,27H,3-4,13-16H2,1-2H3,(H2,28,29,30,31). The van der Waals surface area contributed by atoms with Gasteiger partial charge in [0.25, 0.3) is 0 Å². The molecule has 0 aliphatic carbocycles. The Balaban J connectivity index is 1.23. The average Bonchev–Trinajstić information content (AvgIpc) is 3.51. The second-order valence-electron chi connectivity index (χ2n) is 8.58. The summed E-state index contributed by atoms with van der Waals surface area (Å²) in [6.45, 7) is 8.20. The number of aromatic amines is 1. The molecule has 1 saturated heterocycles. The summed E-state index contributed by atoms with van der Waals surface area (Å²) in [5.74, 6) is 2.20. The number of fused-ring (bicyclic) bond motifs is 1. The van der Waals surface area contributed by atoms with Gasteiger partial charge in [0.1, 0.15) is 18.2 Å². The first kappa shape index (κ1) is 21.3. The third-order valence-corrected chi connectivity index (χ3v) is 6.20. The topological polar surface area (TPSA) is 78.1 Å². The molecule has 4 aromatic rings. The number of nitrogens with zero attached hydrogens (tertiary/aromatic N) is 3. The van der Waals surface area contributed by atoms with Crippen molar-refractivity contribution in [1.29, 1.82) is 0 Å². The van der Waals surface area contributed by atoms with Crippen molar-refractivity contribution in [1.82, 2.24) is 19.9 Å². The van der Waals surface area contributed by atoms with Gasteiger partial charge in [-0.3, -0.25) is 4.90 Å². The molecular weight excluding hydrogens is 412 g/mol. The van der Waals surface area contributed by atoms with Gasteiger partial charge in [-0.25, -0.2) is 4.98 Å². The number of H-pyrrole nitrogens is 1. The summed E-state index contributed by atoms with van der Waals surface area (Å²) < 4.78 is 5.90. The lowest BCUT2D eigenvalue weighted by Gasteiger charge is -2.15. The van der Waals surface area contributed by atoms with Crippen LogP contribution < -0.4 is 15.4 Å². The van der Waals surface area contributed by atoms with Crippen LogP contribution in [0.5, 0.6) is 5.75 Å². The third-order valence-electron chi connectivity index (χ3n) is 6.20. The van der Waals surface area contributed by atoms with Gasteiger partial charge >= 0.3 is 0 Å². The molecule has 5 rings (SSSR count). The maximum absolute atomic E-state index is 5.90. The molecule has 3 N–H and O–H groups in total. The van der Waals surface area contributed by atoms with Gasteiger partial charge < -0.3 is 20.4 Å². The number of ether oxygens (including phenoxy) is 1. The number of benzene rings is 2. The summed E-state index contributed by atoms with van der Waals surface area (Å²) in [6.07, 6.45) is 6.40. The van der Waals surface area contributed by atoms with Gasteiger partial charge in [0.05, 0.1) is 5.52 Å². The van der Waals surface area contributed by atoms with Gasteiger partial charge in [-0.2, -0.15) is 4.98 Å². The van der Waals surface area contributed by atoms with Crippen molar-refractivity contribution in [3.05, 3.63) is 66.0 Å².